The zero-order chi connectivity index (χ0) is 37.5. The molecular weight excluding hydrogens is 686 g/mol. The molecule has 4 aromatic rings. The summed E-state index contributed by atoms with van der Waals surface area (Å²) in [6.45, 7) is 15.2. The first-order chi connectivity index (χ1) is 24.5. The molecule has 0 saturated carbocycles. The fraction of sp³-hybridized carbons (Fsp3) is 0.526. The number of ether oxygens (including phenoxy) is 3. The Kier molecular flexibility index (Phi) is 10.5. The minimum absolute atomic E-state index is 0.0143. The maximum atomic E-state index is 14.7. The molecule has 4 heterocycles. The van der Waals surface area contributed by atoms with Crippen LogP contribution >= 0.6 is 0 Å². The maximum Gasteiger partial charge on any atom is 0.411 e. The van der Waals surface area contributed by atoms with E-state index in [1.54, 1.807) is 20.8 Å². The lowest BCUT2D eigenvalue weighted by atomic mass is 9.96. The Hall–Kier alpha value is -4.27. The van der Waals surface area contributed by atoms with Gasteiger partial charge >= 0.3 is 12.1 Å². The Morgan fingerprint density at radius 1 is 1.13 bits per heavy atom. The van der Waals surface area contributed by atoms with E-state index in [0.29, 0.717) is 48.1 Å². The van der Waals surface area contributed by atoms with E-state index >= 15 is 0 Å². The van der Waals surface area contributed by atoms with Gasteiger partial charge in [0.05, 0.1) is 23.4 Å². The molecule has 1 saturated heterocycles. The second kappa shape index (κ2) is 14.6. The van der Waals surface area contributed by atoms with Gasteiger partial charge in [-0.2, -0.15) is 5.10 Å². The maximum absolute atomic E-state index is 14.7. The number of amides is 1. The number of hydrogen-bond acceptors (Lipinski definition) is 8. The van der Waals surface area contributed by atoms with Crippen molar-refractivity contribution in [2.75, 3.05) is 13.2 Å². The summed E-state index contributed by atoms with van der Waals surface area (Å²) < 4.78 is 36.6. The summed E-state index contributed by atoms with van der Waals surface area (Å²) in [5, 5.41) is 26.2. The lowest BCUT2D eigenvalue weighted by Crippen LogP contribution is -2.50. The average Bonchev–Trinajstić information content (AvgIpc) is 3.63. The van der Waals surface area contributed by atoms with Crippen LogP contribution in [0.25, 0.3) is 33.5 Å². The largest absolute Gasteiger partial charge is 0.505 e. The van der Waals surface area contributed by atoms with Crippen molar-refractivity contribution in [3.8, 4) is 28.4 Å². The zero-order valence-electron chi connectivity index (χ0n) is 31.2. The van der Waals surface area contributed by atoms with Gasteiger partial charge < -0.3 is 29.0 Å². The highest BCUT2D eigenvalue weighted by atomic mass is 28.3. The van der Waals surface area contributed by atoms with Crippen molar-refractivity contribution in [3.63, 3.8) is 0 Å². The smallest absolute Gasteiger partial charge is 0.411 e. The first-order valence-corrected chi connectivity index (χ1v) is 21.8. The van der Waals surface area contributed by atoms with Crippen molar-refractivity contribution in [3.05, 3.63) is 53.1 Å². The van der Waals surface area contributed by atoms with E-state index in [1.165, 1.54) is 17.0 Å². The number of phenolic OH excluding ortho intramolecular Hbond substituents is 1. The number of aryl methyl sites for hydroxylation is 1. The van der Waals surface area contributed by atoms with E-state index in [1.807, 2.05) is 34.4 Å². The van der Waals surface area contributed by atoms with Crippen molar-refractivity contribution in [2.45, 2.75) is 117 Å². The number of phenols is 1. The molecule has 2 aromatic carbocycles. The highest BCUT2D eigenvalue weighted by molar-refractivity contribution is 6.76. The number of fused-ring (bicyclic) bond motifs is 2. The van der Waals surface area contributed by atoms with Crippen molar-refractivity contribution >= 4 is 31.0 Å². The van der Waals surface area contributed by atoms with Gasteiger partial charge in [0.1, 0.15) is 24.1 Å². The Morgan fingerprint density at radius 3 is 2.56 bits per heavy atom. The van der Waals surface area contributed by atoms with E-state index in [4.69, 9.17) is 24.3 Å². The molecule has 52 heavy (non-hydrogen) atoms. The van der Waals surface area contributed by atoms with E-state index < -0.39 is 37.6 Å². The molecule has 2 aliphatic heterocycles. The third kappa shape index (κ3) is 7.88. The van der Waals surface area contributed by atoms with E-state index in [2.05, 4.69) is 19.6 Å². The molecule has 12 nitrogen and oxygen atoms in total. The van der Waals surface area contributed by atoms with Gasteiger partial charge in [0, 0.05) is 33.1 Å². The molecule has 2 atom stereocenters. The number of rotatable bonds is 10. The average molecular weight is 736 g/mol. The highest BCUT2D eigenvalue weighted by Gasteiger charge is 2.40. The van der Waals surface area contributed by atoms with Crippen LogP contribution in [-0.2, 0) is 45.1 Å². The second-order valence-electron chi connectivity index (χ2n) is 15.9. The van der Waals surface area contributed by atoms with E-state index in [0.717, 1.165) is 47.3 Å². The molecule has 0 aliphatic carbocycles. The second-order valence-corrected chi connectivity index (χ2v) is 21.6. The number of aromatic hydroxyl groups is 1. The molecule has 0 spiro atoms. The van der Waals surface area contributed by atoms with Crippen LogP contribution in [0.15, 0.2) is 30.3 Å². The number of imidazole rings is 1. The van der Waals surface area contributed by atoms with Gasteiger partial charge in [-0.1, -0.05) is 32.6 Å². The van der Waals surface area contributed by atoms with E-state index in [-0.39, 0.29) is 31.7 Å². The number of carboxylic acid groups (broad SMARTS) is 1. The summed E-state index contributed by atoms with van der Waals surface area (Å²) >= 11 is 0. The minimum atomic E-state index is -1.41. The normalized spacial score (nSPS) is 18.1. The number of hydrogen-bond donors (Lipinski definition) is 2. The third-order valence-corrected chi connectivity index (χ3v) is 11.3. The fourth-order valence-corrected chi connectivity index (χ4v) is 7.56. The summed E-state index contributed by atoms with van der Waals surface area (Å²) in [4.78, 5) is 32.2. The number of aromatic nitrogens is 4. The summed E-state index contributed by atoms with van der Waals surface area (Å²) in [5.41, 5.74) is 3.96. The first kappa shape index (κ1) is 37.5. The standard InChI is InChI=1S/C38H50FN5O7Si/c1-8-23-18-32(45)27(39)19-26(23)24-12-13-25-29(17-24)44(33-11-9-10-14-50-33)41-34(25)35-40-28-20-30(36(46)47)42(37(48)51-38(2,3)4)21-31(28)43(35)22-49-15-16-52(5,6)7/h12-13,17-19,30,33,45H,8-11,14-16,20-22H2,1-7H3,(H,46,47)/t30-,33?/m0/s1. The Morgan fingerprint density at radius 2 is 1.90 bits per heavy atom. The highest BCUT2D eigenvalue weighted by Crippen LogP contribution is 2.39. The third-order valence-electron chi connectivity index (χ3n) is 9.58. The molecule has 1 fully saturated rings. The topological polar surface area (TPSA) is 141 Å². The number of carboxylic acids is 1. The van der Waals surface area contributed by atoms with Crippen molar-refractivity contribution in [1.82, 2.24) is 24.2 Å². The molecule has 2 N–H and O–H groups in total. The van der Waals surface area contributed by atoms with Gasteiger partial charge in [-0.25, -0.2) is 23.6 Å². The SMILES string of the molecule is CCc1cc(O)c(F)cc1-c1ccc2c(-c3nc4c(n3COCC[Si](C)(C)C)CN(C(=O)OC(C)(C)C)[C@H](C(=O)O)C4)nn(C3CCCCO3)c2c1. The number of aliphatic carboxylic acids is 1. The van der Waals surface area contributed by atoms with Crippen LogP contribution in [0.3, 0.4) is 0 Å². The van der Waals surface area contributed by atoms with Crippen molar-refractivity contribution < 1.29 is 38.4 Å². The van der Waals surface area contributed by atoms with Gasteiger partial charge in [-0.15, -0.1) is 0 Å². The van der Waals surface area contributed by atoms with Gasteiger partial charge in [0.15, 0.2) is 23.6 Å². The summed E-state index contributed by atoms with van der Waals surface area (Å²) in [5.74, 6) is -1.74. The van der Waals surface area contributed by atoms with Crippen LogP contribution in [-0.4, -0.2) is 79.4 Å². The molecule has 1 amide bonds. The molecule has 0 radical (unpaired) electrons. The van der Waals surface area contributed by atoms with Crippen molar-refractivity contribution in [2.24, 2.45) is 0 Å². The Bertz CT molecular complexity index is 1970. The fourth-order valence-electron chi connectivity index (χ4n) is 6.80. The van der Waals surface area contributed by atoms with Crippen LogP contribution in [0.4, 0.5) is 9.18 Å². The number of halogens is 1. The van der Waals surface area contributed by atoms with Crippen LogP contribution in [0.5, 0.6) is 5.75 Å². The number of nitrogens with zero attached hydrogens (tertiary/aromatic N) is 5. The Labute approximate surface area is 304 Å². The van der Waals surface area contributed by atoms with Gasteiger partial charge in [-0.3, -0.25) is 4.90 Å². The summed E-state index contributed by atoms with van der Waals surface area (Å²) in [7, 11) is -1.41. The molecule has 0 bridgehead atoms. The van der Waals surface area contributed by atoms with Gasteiger partial charge in [-0.05, 0) is 93.5 Å². The van der Waals surface area contributed by atoms with Crippen LogP contribution in [0.2, 0.25) is 25.7 Å². The monoisotopic (exact) mass is 735 g/mol. The Balaban J connectivity index is 1.51. The minimum Gasteiger partial charge on any atom is -0.505 e. The predicted molar refractivity (Wildman–Crippen MR) is 197 cm³/mol. The number of carbonyl (C=O) groups excluding carboxylic acids is 1. The van der Waals surface area contributed by atoms with Gasteiger partial charge in [0.25, 0.3) is 0 Å². The predicted octanol–water partition coefficient (Wildman–Crippen LogP) is 7.73. The van der Waals surface area contributed by atoms with Crippen molar-refractivity contribution in [1.29, 1.82) is 0 Å². The molecule has 6 rings (SSSR count). The summed E-state index contributed by atoms with van der Waals surface area (Å²) in [6, 6.07) is 8.43. The molecular formula is C38H50FN5O7Si. The molecule has 2 aromatic heterocycles. The van der Waals surface area contributed by atoms with E-state index in [9.17, 15) is 24.2 Å². The molecule has 2 aliphatic rings. The first-order valence-electron chi connectivity index (χ1n) is 18.1. The van der Waals surface area contributed by atoms with Crippen LogP contribution in [0, 0.1) is 5.82 Å². The van der Waals surface area contributed by atoms with Gasteiger partial charge in [0.2, 0.25) is 0 Å². The quantitative estimate of drug-likeness (QED) is 0.124. The zero-order valence-corrected chi connectivity index (χ0v) is 32.2. The number of benzene rings is 2. The molecule has 14 heteroatoms. The molecule has 280 valence electrons. The molecule has 1 unspecified atom stereocenters. The summed E-state index contributed by atoms with van der Waals surface area (Å²) in [6.07, 6.45) is 2.20. The van der Waals surface area contributed by atoms with Crippen LogP contribution < -0.4 is 0 Å². The van der Waals surface area contributed by atoms with Crippen LogP contribution in [0.1, 0.15) is 70.1 Å². The lowest BCUT2D eigenvalue weighted by Gasteiger charge is -2.34. The number of carbonyl (C=O) groups is 2. The lowest BCUT2D eigenvalue weighted by molar-refractivity contribution is -0.143.